The molecule has 62 valence electrons. The van der Waals surface area contributed by atoms with Gasteiger partial charge < -0.3 is 10.2 Å². The second-order valence-corrected chi connectivity index (χ2v) is 3.75. The van der Waals surface area contributed by atoms with E-state index in [1.54, 1.807) is 0 Å². The maximum absolute atomic E-state index is 10.3. The highest BCUT2D eigenvalue weighted by atomic mass is 35.5. The summed E-state index contributed by atoms with van der Waals surface area (Å²) >= 11 is 10.7. The van der Waals surface area contributed by atoms with E-state index >= 15 is 0 Å². The largest absolute Gasteiger partial charge is 0.481 e. The van der Waals surface area contributed by atoms with Gasteiger partial charge in [-0.15, -0.1) is 0 Å². The molecule has 0 aromatic rings. The average Bonchev–Trinajstić information content (AvgIpc) is 2.33. The van der Waals surface area contributed by atoms with Gasteiger partial charge in [-0.3, -0.25) is 9.59 Å². The minimum atomic E-state index is -1.63. The van der Waals surface area contributed by atoms with E-state index in [0.717, 1.165) is 0 Å². The van der Waals surface area contributed by atoms with Gasteiger partial charge in [-0.1, -0.05) is 23.2 Å². The lowest BCUT2D eigenvalue weighted by Gasteiger charge is -1.89. The zero-order valence-corrected chi connectivity index (χ0v) is 6.63. The summed E-state index contributed by atoms with van der Waals surface area (Å²) < 4.78 is -1.63. The molecule has 1 fully saturated rings. The van der Waals surface area contributed by atoms with Gasteiger partial charge in [-0.2, -0.15) is 0 Å². The zero-order chi connectivity index (χ0) is 8.81. The Balaban J connectivity index is 2.76. The molecule has 2 atom stereocenters. The Bertz CT molecular complexity index is 203. The number of aliphatic carboxylic acids is 2. The summed E-state index contributed by atoms with van der Waals surface area (Å²) in [7, 11) is 0. The van der Waals surface area contributed by atoms with E-state index in [-0.39, 0.29) is 0 Å². The molecule has 0 heterocycles. The molecule has 0 saturated heterocycles. The molecule has 1 rings (SSSR count). The molecule has 0 amide bonds. The Hall–Kier alpha value is -0.480. The number of hydrogen-bond donors (Lipinski definition) is 2. The summed E-state index contributed by atoms with van der Waals surface area (Å²) in [5.41, 5.74) is 0. The van der Waals surface area contributed by atoms with E-state index in [2.05, 4.69) is 0 Å². The van der Waals surface area contributed by atoms with Gasteiger partial charge in [0, 0.05) is 0 Å². The van der Waals surface area contributed by atoms with Gasteiger partial charge >= 0.3 is 11.9 Å². The molecule has 0 radical (unpaired) electrons. The summed E-state index contributed by atoms with van der Waals surface area (Å²) in [6.45, 7) is 0. The fraction of sp³-hybridized carbons (Fsp3) is 0.600. The standard InChI is InChI=1S/C5H4Cl2O4/c6-5(7)1(3(8)9)2(5)4(10)11/h1-2H,(H,8,9)(H,10,11)/t1-,2-/m1/s1. The summed E-state index contributed by atoms with van der Waals surface area (Å²) in [6, 6.07) is 0. The number of carboxylic acids is 2. The first-order valence-corrected chi connectivity index (χ1v) is 3.48. The third-order valence-corrected chi connectivity index (χ3v) is 2.53. The fourth-order valence-corrected chi connectivity index (χ4v) is 1.69. The molecule has 0 aliphatic heterocycles. The second kappa shape index (κ2) is 2.25. The first kappa shape index (κ1) is 8.62. The van der Waals surface area contributed by atoms with Crippen molar-refractivity contribution in [3.63, 3.8) is 0 Å². The molecule has 1 aliphatic rings. The molecule has 0 bridgehead atoms. The van der Waals surface area contributed by atoms with Crippen LogP contribution in [0.5, 0.6) is 0 Å². The van der Waals surface area contributed by atoms with Crippen LogP contribution in [-0.2, 0) is 9.59 Å². The van der Waals surface area contributed by atoms with Gasteiger partial charge in [-0.25, -0.2) is 0 Å². The maximum atomic E-state index is 10.3. The highest BCUT2D eigenvalue weighted by molar-refractivity contribution is 6.54. The number of rotatable bonds is 2. The quantitative estimate of drug-likeness (QED) is 0.637. The smallest absolute Gasteiger partial charge is 0.310 e. The number of carbonyl (C=O) groups is 2. The predicted molar refractivity (Wildman–Crippen MR) is 36.7 cm³/mol. The average molecular weight is 199 g/mol. The Morgan fingerprint density at radius 2 is 1.36 bits per heavy atom. The third-order valence-electron chi connectivity index (χ3n) is 1.59. The lowest BCUT2D eigenvalue weighted by molar-refractivity contribution is -0.144. The van der Waals surface area contributed by atoms with Crippen molar-refractivity contribution in [1.82, 2.24) is 0 Å². The van der Waals surface area contributed by atoms with Crippen LogP contribution in [0.2, 0.25) is 0 Å². The van der Waals surface area contributed by atoms with Gasteiger partial charge in [0.05, 0.1) is 0 Å². The van der Waals surface area contributed by atoms with Crippen molar-refractivity contribution < 1.29 is 19.8 Å². The van der Waals surface area contributed by atoms with Crippen LogP contribution in [0.25, 0.3) is 0 Å². The van der Waals surface area contributed by atoms with Crippen LogP contribution >= 0.6 is 23.2 Å². The van der Waals surface area contributed by atoms with E-state index in [0.29, 0.717) is 0 Å². The summed E-state index contributed by atoms with van der Waals surface area (Å²) in [5, 5.41) is 16.8. The van der Waals surface area contributed by atoms with Crippen LogP contribution in [0.4, 0.5) is 0 Å². The van der Waals surface area contributed by atoms with Crippen molar-refractivity contribution >= 4 is 35.1 Å². The van der Waals surface area contributed by atoms with Gasteiger partial charge in [0.25, 0.3) is 0 Å². The van der Waals surface area contributed by atoms with E-state index in [9.17, 15) is 9.59 Å². The van der Waals surface area contributed by atoms with Crippen LogP contribution in [-0.4, -0.2) is 26.5 Å². The van der Waals surface area contributed by atoms with Gasteiger partial charge in [0.15, 0.2) is 0 Å². The minimum absolute atomic E-state index is 1.18. The van der Waals surface area contributed by atoms with Crippen molar-refractivity contribution in [2.24, 2.45) is 11.8 Å². The zero-order valence-electron chi connectivity index (χ0n) is 5.12. The lowest BCUT2D eigenvalue weighted by atomic mass is 10.3. The Morgan fingerprint density at radius 3 is 1.45 bits per heavy atom. The number of alkyl halides is 2. The molecule has 1 saturated carbocycles. The first-order chi connectivity index (χ1) is 4.89. The summed E-state index contributed by atoms with van der Waals surface area (Å²) in [6.07, 6.45) is 0. The third kappa shape index (κ3) is 1.16. The Morgan fingerprint density at radius 1 is 1.09 bits per heavy atom. The summed E-state index contributed by atoms with van der Waals surface area (Å²) in [4.78, 5) is 20.5. The molecule has 0 aromatic carbocycles. The predicted octanol–water partition coefficient (Wildman–Crippen LogP) is 0.576. The highest BCUT2D eigenvalue weighted by Gasteiger charge is 2.71. The minimum Gasteiger partial charge on any atom is -0.481 e. The van der Waals surface area contributed by atoms with E-state index in [4.69, 9.17) is 33.4 Å². The molecule has 2 N–H and O–H groups in total. The van der Waals surface area contributed by atoms with Gasteiger partial charge in [-0.05, 0) is 0 Å². The fourth-order valence-electron chi connectivity index (χ4n) is 0.941. The molecular formula is C5H4Cl2O4. The van der Waals surface area contributed by atoms with Crippen LogP contribution in [0.15, 0.2) is 0 Å². The van der Waals surface area contributed by atoms with Crippen molar-refractivity contribution in [2.45, 2.75) is 4.33 Å². The molecule has 4 nitrogen and oxygen atoms in total. The van der Waals surface area contributed by atoms with Crippen LogP contribution in [0.3, 0.4) is 0 Å². The lowest BCUT2D eigenvalue weighted by Crippen LogP contribution is -2.05. The summed E-state index contributed by atoms with van der Waals surface area (Å²) in [5.74, 6) is -4.91. The molecule has 11 heavy (non-hydrogen) atoms. The molecule has 1 aliphatic carbocycles. The maximum Gasteiger partial charge on any atom is 0.310 e. The van der Waals surface area contributed by atoms with Gasteiger partial charge in [0.2, 0.25) is 0 Å². The van der Waals surface area contributed by atoms with E-state index in [1.165, 1.54) is 0 Å². The monoisotopic (exact) mass is 198 g/mol. The normalized spacial score (nSPS) is 32.9. The van der Waals surface area contributed by atoms with E-state index < -0.39 is 28.1 Å². The van der Waals surface area contributed by atoms with Gasteiger partial charge in [0.1, 0.15) is 16.2 Å². The van der Waals surface area contributed by atoms with Crippen LogP contribution in [0.1, 0.15) is 0 Å². The van der Waals surface area contributed by atoms with Crippen LogP contribution in [0, 0.1) is 11.8 Å². The van der Waals surface area contributed by atoms with Crippen molar-refractivity contribution in [3.05, 3.63) is 0 Å². The molecule has 0 aromatic heterocycles. The second-order valence-electron chi connectivity index (χ2n) is 2.31. The van der Waals surface area contributed by atoms with Crippen LogP contribution < -0.4 is 0 Å². The van der Waals surface area contributed by atoms with E-state index in [1.807, 2.05) is 0 Å². The Kier molecular flexibility index (Phi) is 1.76. The van der Waals surface area contributed by atoms with Crippen molar-refractivity contribution in [3.8, 4) is 0 Å². The van der Waals surface area contributed by atoms with Crippen molar-refractivity contribution in [1.29, 1.82) is 0 Å². The first-order valence-electron chi connectivity index (χ1n) is 2.72. The molecule has 6 heteroatoms. The molecular weight excluding hydrogens is 195 g/mol. The molecule has 0 spiro atoms. The topological polar surface area (TPSA) is 74.6 Å². The number of halogens is 2. The molecule has 0 unspecified atom stereocenters. The highest BCUT2D eigenvalue weighted by Crippen LogP contribution is 2.59. The SMILES string of the molecule is O=C(O)[C@H]1[C@H](C(=O)O)C1(Cl)Cl. The Labute approximate surface area is 71.7 Å². The number of hydrogen-bond acceptors (Lipinski definition) is 2. The van der Waals surface area contributed by atoms with Crippen molar-refractivity contribution in [2.75, 3.05) is 0 Å². The number of carboxylic acid groups (broad SMARTS) is 2.